The highest BCUT2D eigenvalue weighted by Crippen LogP contribution is 2.29. The van der Waals surface area contributed by atoms with Crippen LogP contribution in [0, 0.1) is 0 Å². The minimum absolute atomic E-state index is 0.113. The number of nitrogens with one attached hydrogen (secondary N) is 1. The molecule has 0 unspecified atom stereocenters. The fourth-order valence-corrected chi connectivity index (χ4v) is 2.54. The maximum Gasteiger partial charge on any atom is 0.410 e. The molecule has 4 heteroatoms. The molecular weight excluding hydrogens is 156 g/mol. The van der Waals surface area contributed by atoms with E-state index in [9.17, 15) is 4.79 Å². The van der Waals surface area contributed by atoms with Crippen molar-refractivity contribution in [2.24, 2.45) is 0 Å². The summed E-state index contributed by atoms with van der Waals surface area (Å²) in [6.07, 6.45) is 2.30. The lowest BCUT2D eigenvalue weighted by Crippen LogP contribution is -2.56. The zero-order valence-corrected chi connectivity index (χ0v) is 6.82. The maximum atomic E-state index is 11.2. The number of rotatable bonds is 0. The molecule has 12 heavy (non-hydrogen) atoms. The summed E-state index contributed by atoms with van der Waals surface area (Å²) < 4.78 is 5.00. The first-order valence-corrected chi connectivity index (χ1v) is 4.54. The van der Waals surface area contributed by atoms with Gasteiger partial charge in [0.1, 0.15) is 6.61 Å². The van der Waals surface area contributed by atoms with Gasteiger partial charge in [-0.1, -0.05) is 0 Å². The second kappa shape index (κ2) is 2.13. The van der Waals surface area contributed by atoms with Crippen molar-refractivity contribution >= 4 is 6.09 Å². The number of piperazine rings is 1. The van der Waals surface area contributed by atoms with Crippen molar-refractivity contribution < 1.29 is 9.53 Å². The monoisotopic (exact) mass is 168 g/mol. The summed E-state index contributed by atoms with van der Waals surface area (Å²) in [4.78, 5) is 13.1. The van der Waals surface area contributed by atoms with Crippen LogP contribution in [0.2, 0.25) is 0 Å². The second-order valence-electron chi connectivity index (χ2n) is 3.84. The van der Waals surface area contributed by atoms with Crippen LogP contribution in [-0.2, 0) is 4.74 Å². The summed E-state index contributed by atoms with van der Waals surface area (Å²) >= 11 is 0. The molecule has 2 bridgehead atoms. The van der Waals surface area contributed by atoms with Gasteiger partial charge in [-0.3, -0.25) is 4.90 Å². The molecule has 3 rings (SSSR count). The van der Waals surface area contributed by atoms with Crippen molar-refractivity contribution in [2.45, 2.75) is 31.0 Å². The molecule has 3 atom stereocenters. The minimum Gasteiger partial charge on any atom is -0.447 e. The fourth-order valence-electron chi connectivity index (χ4n) is 2.54. The van der Waals surface area contributed by atoms with Gasteiger partial charge in [-0.25, -0.2) is 4.79 Å². The second-order valence-corrected chi connectivity index (χ2v) is 3.84. The predicted octanol–water partition coefficient (Wildman–Crippen LogP) is -0.0586. The SMILES string of the molecule is O=C1OC[C@@H]2[C@H]3CC[C@@H](CN12)N3. The number of hydrogen-bond donors (Lipinski definition) is 1. The highest BCUT2D eigenvalue weighted by atomic mass is 16.6. The lowest BCUT2D eigenvalue weighted by atomic mass is 10.1. The van der Waals surface area contributed by atoms with Gasteiger partial charge in [0, 0.05) is 18.6 Å². The first-order chi connectivity index (χ1) is 5.84. The molecule has 1 N–H and O–H groups in total. The van der Waals surface area contributed by atoms with E-state index in [4.69, 9.17) is 4.74 Å². The average Bonchev–Trinajstić information content (AvgIpc) is 2.61. The summed E-state index contributed by atoms with van der Waals surface area (Å²) in [5.74, 6) is 0. The normalized spacial score (nSPS) is 44.5. The van der Waals surface area contributed by atoms with E-state index < -0.39 is 0 Å². The molecule has 0 aliphatic carbocycles. The lowest BCUT2D eigenvalue weighted by molar-refractivity contribution is 0.149. The Balaban J connectivity index is 1.90. The Bertz CT molecular complexity index is 231. The maximum absolute atomic E-state index is 11.2. The van der Waals surface area contributed by atoms with Crippen LogP contribution in [0.15, 0.2) is 0 Å². The molecule has 66 valence electrons. The van der Waals surface area contributed by atoms with Crippen LogP contribution >= 0.6 is 0 Å². The summed E-state index contributed by atoms with van der Waals surface area (Å²) in [5, 5.41) is 3.51. The Morgan fingerprint density at radius 3 is 3.33 bits per heavy atom. The molecule has 3 heterocycles. The van der Waals surface area contributed by atoms with Gasteiger partial charge in [0.05, 0.1) is 6.04 Å². The molecule has 1 amide bonds. The van der Waals surface area contributed by atoms with Crippen LogP contribution in [0.1, 0.15) is 12.8 Å². The van der Waals surface area contributed by atoms with Gasteiger partial charge >= 0.3 is 6.09 Å². The van der Waals surface area contributed by atoms with Gasteiger partial charge in [-0.15, -0.1) is 0 Å². The number of carbonyl (C=O) groups is 1. The molecule has 3 aliphatic heterocycles. The minimum atomic E-state index is -0.113. The Kier molecular flexibility index (Phi) is 1.19. The third-order valence-electron chi connectivity index (χ3n) is 3.17. The van der Waals surface area contributed by atoms with Crippen LogP contribution in [0.4, 0.5) is 4.79 Å². The third-order valence-corrected chi connectivity index (χ3v) is 3.17. The zero-order chi connectivity index (χ0) is 8.13. The van der Waals surface area contributed by atoms with Gasteiger partial charge in [-0.2, -0.15) is 0 Å². The van der Waals surface area contributed by atoms with E-state index in [-0.39, 0.29) is 6.09 Å². The number of cyclic esters (lactones) is 1. The number of nitrogens with zero attached hydrogens (tertiary/aromatic N) is 1. The van der Waals surface area contributed by atoms with E-state index in [2.05, 4.69) is 5.32 Å². The van der Waals surface area contributed by atoms with Crippen LogP contribution < -0.4 is 5.32 Å². The Hall–Kier alpha value is -0.770. The summed E-state index contributed by atoms with van der Waals surface area (Å²) in [7, 11) is 0. The van der Waals surface area contributed by atoms with Crippen molar-refractivity contribution in [3.8, 4) is 0 Å². The molecule has 0 spiro atoms. The van der Waals surface area contributed by atoms with Gasteiger partial charge < -0.3 is 10.1 Å². The van der Waals surface area contributed by atoms with Crippen molar-refractivity contribution in [1.82, 2.24) is 10.2 Å². The molecular formula is C8H12N2O2. The van der Waals surface area contributed by atoms with Crippen LogP contribution in [0.25, 0.3) is 0 Å². The molecule has 0 aromatic rings. The van der Waals surface area contributed by atoms with Crippen molar-refractivity contribution in [2.75, 3.05) is 13.2 Å². The van der Waals surface area contributed by atoms with E-state index >= 15 is 0 Å². The first-order valence-electron chi connectivity index (χ1n) is 4.54. The number of fused-ring (bicyclic) bond motifs is 4. The zero-order valence-electron chi connectivity index (χ0n) is 6.82. The standard InChI is InChI=1S/C8H12N2O2/c11-8-10-3-5-1-2-6(9-5)7(10)4-12-8/h5-7,9H,1-4H2/t5-,6+,7+/m0/s1. The van der Waals surface area contributed by atoms with Crippen molar-refractivity contribution in [3.05, 3.63) is 0 Å². The largest absolute Gasteiger partial charge is 0.447 e. The fraction of sp³-hybridized carbons (Fsp3) is 0.875. The molecule has 0 radical (unpaired) electrons. The van der Waals surface area contributed by atoms with Gasteiger partial charge in [-0.05, 0) is 12.8 Å². The average molecular weight is 168 g/mol. The Morgan fingerprint density at radius 2 is 2.42 bits per heavy atom. The molecule has 3 saturated heterocycles. The quantitative estimate of drug-likeness (QED) is 0.551. The highest BCUT2D eigenvalue weighted by Gasteiger charge is 2.46. The van der Waals surface area contributed by atoms with E-state index in [1.54, 1.807) is 0 Å². The van der Waals surface area contributed by atoms with Crippen molar-refractivity contribution in [1.29, 1.82) is 0 Å². The number of amides is 1. The molecule has 3 fully saturated rings. The number of hydrogen-bond acceptors (Lipinski definition) is 3. The summed E-state index contributed by atoms with van der Waals surface area (Å²) in [5.41, 5.74) is 0. The Labute approximate surface area is 70.9 Å². The van der Waals surface area contributed by atoms with Gasteiger partial charge in [0.25, 0.3) is 0 Å². The Morgan fingerprint density at radius 1 is 1.50 bits per heavy atom. The first kappa shape index (κ1) is 6.71. The highest BCUT2D eigenvalue weighted by molar-refractivity contribution is 5.70. The number of ether oxygens (including phenoxy) is 1. The van der Waals surface area contributed by atoms with Crippen LogP contribution in [0.3, 0.4) is 0 Å². The number of carbonyl (C=O) groups excluding carboxylic acids is 1. The summed E-state index contributed by atoms with van der Waals surface area (Å²) in [6, 6.07) is 1.34. The van der Waals surface area contributed by atoms with Crippen LogP contribution in [0.5, 0.6) is 0 Å². The van der Waals surface area contributed by atoms with E-state index in [0.717, 1.165) is 6.54 Å². The van der Waals surface area contributed by atoms with E-state index in [0.29, 0.717) is 24.7 Å². The smallest absolute Gasteiger partial charge is 0.410 e. The van der Waals surface area contributed by atoms with Gasteiger partial charge in [0.2, 0.25) is 0 Å². The molecule has 0 aromatic carbocycles. The molecule has 0 saturated carbocycles. The van der Waals surface area contributed by atoms with E-state index in [1.165, 1.54) is 12.8 Å². The molecule has 4 nitrogen and oxygen atoms in total. The van der Waals surface area contributed by atoms with Crippen molar-refractivity contribution in [3.63, 3.8) is 0 Å². The summed E-state index contributed by atoms with van der Waals surface area (Å²) in [6.45, 7) is 1.43. The molecule has 0 aromatic heterocycles. The van der Waals surface area contributed by atoms with E-state index in [1.807, 2.05) is 4.90 Å². The van der Waals surface area contributed by atoms with Crippen LogP contribution in [-0.4, -0.2) is 42.3 Å². The van der Waals surface area contributed by atoms with Gasteiger partial charge in [0.15, 0.2) is 0 Å². The lowest BCUT2D eigenvalue weighted by Gasteiger charge is -2.33. The predicted molar refractivity (Wildman–Crippen MR) is 41.8 cm³/mol. The molecule has 3 aliphatic rings. The third kappa shape index (κ3) is 0.732. The topological polar surface area (TPSA) is 41.6 Å².